The van der Waals surface area contributed by atoms with E-state index in [2.05, 4.69) is 69.2 Å². The predicted molar refractivity (Wildman–Crippen MR) is 84.5 cm³/mol. The molecule has 1 rings (SSSR count). The van der Waals surface area contributed by atoms with E-state index in [1.165, 1.54) is 24.0 Å². The van der Waals surface area contributed by atoms with E-state index in [-0.39, 0.29) is 0 Å². The Hall–Kier alpha value is -0.860. The number of likely N-dealkylation sites (N-methyl/N-ethyl adjacent to an activating group) is 1. The van der Waals surface area contributed by atoms with Gasteiger partial charge in [0, 0.05) is 25.2 Å². The van der Waals surface area contributed by atoms with E-state index in [0.717, 1.165) is 13.1 Å². The SMILES string of the molecule is CCC(CC)NCC(C)N(C)Cc1ccccc1C. The topological polar surface area (TPSA) is 15.3 Å². The molecule has 2 heteroatoms. The second-order valence-electron chi connectivity index (χ2n) is 5.61. The molecule has 0 bridgehead atoms. The molecular formula is C17H30N2. The molecule has 0 aliphatic heterocycles. The maximum absolute atomic E-state index is 3.66. The Labute approximate surface area is 119 Å². The summed E-state index contributed by atoms with van der Waals surface area (Å²) in [6.07, 6.45) is 2.43. The fourth-order valence-electron chi connectivity index (χ4n) is 2.28. The zero-order valence-corrected chi connectivity index (χ0v) is 13.2. The number of aryl methyl sites for hydroxylation is 1. The molecule has 1 atom stereocenters. The summed E-state index contributed by atoms with van der Waals surface area (Å²) in [6, 6.07) is 9.87. The molecule has 1 N–H and O–H groups in total. The summed E-state index contributed by atoms with van der Waals surface area (Å²) in [5, 5.41) is 3.66. The van der Waals surface area contributed by atoms with Gasteiger partial charge in [0.1, 0.15) is 0 Å². The van der Waals surface area contributed by atoms with Gasteiger partial charge in [0.2, 0.25) is 0 Å². The first-order valence-electron chi connectivity index (χ1n) is 7.56. The summed E-state index contributed by atoms with van der Waals surface area (Å²) in [5.41, 5.74) is 2.81. The van der Waals surface area contributed by atoms with E-state index < -0.39 is 0 Å². The average Bonchev–Trinajstić information content (AvgIpc) is 2.42. The highest BCUT2D eigenvalue weighted by molar-refractivity contribution is 5.25. The van der Waals surface area contributed by atoms with Crippen LogP contribution < -0.4 is 5.32 Å². The van der Waals surface area contributed by atoms with Gasteiger partial charge in [-0.05, 0) is 44.9 Å². The zero-order valence-electron chi connectivity index (χ0n) is 13.2. The van der Waals surface area contributed by atoms with Crippen molar-refractivity contribution in [2.75, 3.05) is 13.6 Å². The summed E-state index contributed by atoms with van der Waals surface area (Å²) in [4.78, 5) is 2.43. The van der Waals surface area contributed by atoms with Crippen molar-refractivity contribution in [1.29, 1.82) is 0 Å². The predicted octanol–water partition coefficient (Wildman–Crippen LogP) is 3.59. The first kappa shape index (κ1) is 16.2. The molecule has 108 valence electrons. The number of rotatable bonds is 8. The second kappa shape index (κ2) is 8.34. The van der Waals surface area contributed by atoms with Gasteiger partial charge in [0.15, 0.2) is 0 Å². The van der Waals surface area contributed by atoms with Crippen molar-refractivity contribution in [3.8, 4) is 0 Å². The summed E-state index contributed by atoms with van der Waals surface area (Å²) >= 11 is 0. The highest BCUT2D eigenvalue weighted by atomic mass is 15.1. The quantitative estimate of drug-likeness (QED) is 0.770. The fraction of sp³-hybridized carbons (Fsp3) is 0.647. The molecule has 1 aromatic carbocycles. The highest BCUT2D eigenvalue weighted by Crippen LogP contribution is 2.11. The Morgan fingerprint density at radius 3 is 2.37 bits per heavy atom. The largest absolute Gasteiger partial charge is 0.312 e. The van der Waals surface area contributed by atoms with Gasteiger partial charge in [-0.3, -0.25) is 4.90 Å². The molecule has 0 heterocycles. The van der Waals surface area contributed by atoms with E-state index in [1.54, 1.807) is 0 Å². The van der Waals surface area contributed by atoms with Gasteiger partial charge in [0.05, 0.1) is 0 Å². The normalized spacial score (nSPS) is 13.2. The number of nitrogens with zero attached hydrogens (tertiary/aromatic N) is 1. The number of hydrogen-bond donors (Lipinski definition) is 1. The van der Waals surface area contributed by atoms with Gasteiger partial charge in [-0.2, -0.15) is 0 Å². The molecule has 0 spiro atoms. The Bertz CT molecular complexity index is 358. The third-order valence-electron chi connectivity index (χ3n) is 4.12. The van der Waals surface area contributed by atoms with Crippen molar-refractivity contribution in [3.05, 3.63) is 35.4 Å². The molecule has 0 aromatic heterocycles. The summed E-state index contributed by atoms with van der Waals surface area (Å²) in [5.74, 6) is 0. The van der Waals surface area contributed by atoms with Crippen LogP contribution >= 0.6 is 0 Å². The van der Waals surface area contributed by atoms with Crippen molar-refractivity contribution < 1.29 is 0 Å². The first-order chi connectivity index (χ1) is 9.08. The van der Waals surface area contributed by atoms with Crippen LogP contribution in [-0.2, 0) is 6.54 Å². The fourth-order valence-corrected chi connectivity index (χ4v) is 2.28. The molecule has 19 heavy (non-hydrogen) atoms. The third kappa shape index (κ3) is 5.33. The molecule has 0 fully saturated rings. The summed E-state index contributed by atoms with van der Waals surface area (Å²) < 4.78 is 0. The lowest BCUT2D eigenvalue weighted by molar-refractivity contribution is 0.235. The summed E-state index contributed by atoms with van der Waals surface area (Å²) in [7, 11) is 2.21. The van der Waals surface area contributed by atoms with Gasteiger partial charge >= 0.3 is 0 Å². The Balaban J connectivity index is 2.44. The number of nitrogens with one attached hydrogen (secondary N) is 1. The molecule has 0 radical (unpaired) electrons. The van der Waals surface area contributed by atoms with Crippen LogP contribution in [0.15, 0.2) is 24.3 Å². The van der Waals surface area contributed by atoms with Crippen LogP contribution in [0.25, 0.3) is 0 Å². The van der Waals surface area contributed by atoms with Crippen molar-refractivity contribution in [1.82, 2.24) is 10.2 Å². The zero-order chi connectivity index (χ0) is 14.3. The van der Waals surface area contributed by atoms with Gasteiger partial charge in [-0.15, -0.1) is 0 Å². The molecule has 0 aliphatic rings. The molecule has 0 aliphatic carbocycles. The van der Waals surface area contributed by atoms with Crippen molar-refractivity contribution >= 4 is 0 Å². The van der Waals surface area contributed by atoms with Crippen LogP contribution in [0.4, 0.5) is 0 Å². The van der Waals surface area contributed by atoms with Crippen LogP contribution in [0.5, 0.6) is 0 Å². The number of hydrogen-bond acceptors (Lipinski definition) is 2. The van der Waals surface area contributed by atoms with Crippen LogP contribution in [0, 0.1) is 6.92 Å². The van der Waals surface area contributed by atoms with Crippen LogP contribution in [0.2, 0.25) is 0 Å². The van der Waals surface area contributed by atoms with E-state index in [0.29, 0.717) is 12.1 Å². The minimum Gasteiger partial charge on any atom is -0.312 e. The van der Waals surface area contributed by atoms with Gasteiger partial charge in [-0.1, -0.05) is 38.1 Å². The van der Waals surface area contributed by atoms with Gasteiger partial charge < -0.3 is 5.32 Å². The maximum atomic E-state index is 3.66. The minimum absolute atomic E-state index is 0.556. The van der Waals surface area contributed by atoms with E-state index >= 15 is 0 Å². The van der Waals surface area contributed by atoms with E-state index in [9.17, 15) is 0 Å². The van der Waals surface area contributed by atoms with Crippen LogP contribution in [0.1, 0.15) is 44.7 Å². The van der Waals surface area contributed by atoms with Crippen molar-refractivity contribution in [2.45, 2.75) is 59.2 Å². The molecule has 2 nitrogen and oxygen atoms in total. The molecule has 1 aromatic rings. The van der Waals surface area contributed by atoms with E-state index in [4.69, 9.17) is 0 Å². The molecule has 1 unspecified atom stereocenters. The average molecular weight is 262 g/mol. The molecular weight excluding hydrogens is 232 g/mol. The standard InChI is InChI=1S/C17H30N2/c1-6-17(7-2)18-12-15(4)19(5)13-16-11-9-8-10-14(16)3/h8-11,15,17-18H,6-7,12-13H2,1-5H3. The van der Waals surface area contributed by atoms with Crippen LogP contribution in [-0.4, -0.2) is 30.6 Å². The monoisotopic (exact) mass is 262 g/mol. The molecule has 0 saturated heterocycles. The lowest BCUT2D eigenvalue weighted by Gasteiger charge is -2.27. The van der Waals surface area contributed by atoms with Crippen molar-refractivity contribution in [2.24, 2.45) is 0 Å². The maximum Gasteiger partial charge on any atom is 0.0236 e. The second-order valence-corrected chi connectivity index (χ2v) is 5.61. The lowest BCUT2D eigenvalue weighted by Crippen LogP contribution is -2.41. The smallest absolute Gasteiger partial charge is 0.0236 e. The highest BCUT2D eigenvalue weighted by Gasteiger charge is 2.12. The Morgan fingerprint density at radius 1 is 1.16 bits per heavy atom. The van der Waals surface area contributed by atoms with Crippen LogP contribution in [0.3, 0.4) is 0 Å². The van der Waals surface area contributed by atoms with Gasteiger partial charge in [0.25, 0.3) is 0 Å². The third-order valence-corrected chi connectivity index (χ3v) is 4.12. The molecule has 0 amide bonds. The Kier molecular flexibility index (Phi) is 7.11. The number of benzene rings is 1. The summed E-state index contributed by atoms with van der Waals surface area (Å²) in [6.45, 7) is 11.1. The first-order valence-corrected chi connectivity index (χ1v) is 7.56. The van der Waals surface area contributed by atoms with E-state index in [1.807, 2.05) is 0 Å². The lowest BCUT2D eigenvalue weighted by atomic mass is 10.1. The van der Waals surface area contributed by atoms with Crippen molar-refractivity contribution in [3.63, 3.8) is 0 Å². The molecule has 0 saturated carbocycles. The van der Waals surface area contributed by atoms with Gasteiger partial charge in [-0.25, -0.2) is 0 Å². The minimum atomic E-state index is 0.556. The Morgan fingerprint density at radius 2 is 1.79 bits per heavy atom.